The summed E-state index contributed by atoms with van der Waals surface area (Å²) in [5, 5.41) is 8.69. The fraction of sp³-hybridized carbons (Fsp3) is 0.462. The summed E-state index contributed by atoms with van der Waals surface area (Å²) in [5.41, 5.74) is 0.881. The third-order valence-electron chi connectivity index (χ3n) is 2.88. The molecule has 0 heterocycles. The Hall–Kier alpha value is -0.870. The highest BCUT2D eigenvalue weighted by Gasteiger charge is 2.10. The van der Waals surface area contributed by atoms with Gasteiger partial charge in [0.2, 0.25) is 0 Å². The monoisotopic (exact) mass is 361 g/mol. The first-order valence-electron chi connectivity index (χ1n) is 5.70. The van der Waals surface area contributed by atoms with E-state index in [-0.39, 0.29) is 5.82 Å². The molecule has 1 rings (SSSR count). The van der Waals surface area contributed by atoms with Gasteiger partial charge >= 0.3 is 0 Å². The van der Waals surface area contributed by atoms with Crippen molar-refractivity contribution in [2.45, 2.75) is 11.0 Å². The van der Waals surface area contributed by atoms with Crippen LogP contribution in [0.3, 0.4) is 0 Å². The number of anilines is 1. The smallest absolute Gasteiger partial charge is 0.147 e. The van der Waals surface area contributed by atoms with Gasteiger partial charge in [0.25, 0.3) is 0 Å². The molecule has 0 aliphatic carbocycles. The molecule has 0 spiro atoms. The van der Waals surface area contributed by atoms with E-state index in [1.165, 1.54) is 6.07 Å². The van der Waals surface area contributed by atoms with E-state index in [2.05, 4.69) is 34.4 Å². The van der Waals surface area contributed by atoms with E-state index in [0.717, 1.165) is 13.1 Å². The lowest BCUT2D eigenvalue weighted by atomic mass is 10.2. The lowest BCUT2D eigenvalue weighted by Crippen LogP contribution is -2.33. The van der Waals surface area contributed by atoms with Gasteiger partial charge in [0.05, 0.1) is 21.4 Å². The van der Waals surface area contributed by atoms with Crippen LogP contribution >= 0.6 is 22.6 Å². The number of likely N-dealkylation sites (N-methyl/N-ethyl adjacent to an activating group) is 2. The fourth-order valence-corrected chi connectivity index (χ4v) is 1.77. The summed E-state index contributed by atoms with van der Waals surface area (Å²) in [7, 11) is 3.90. The summed E-state index contributed by atoms with van der Waals surface area (Å²) in [5.74, 6) is -0.346. The Labute approximate surface area is 121 Å². The highest BCUT2D eigenvalue weighted by atomic mass is 127. The van der Waals surface area contributed by atoms with Crippen molar-refractivity contribution in [3.05, 3.63) is 29.6 Å². The van der Waals surface area contributed by atoms with Crippen LogP contribution in [-0.4, -0.2) is 36.1 Å². The maximum Gasteiger partial charge on any atom is 0.147 e. The largest absolute Gasteiger partial charge is 0.371 e. The topological polar surface area (TPSA) is 30.3 Å². The second-order valence-corrected chi connectivity index (χ2v) is 6.06. The third-order valence-corrected chi connectivity index (χ3v) is 3.83. The zero-order valence-corrected chi connectivity index (χ0v) is 13.0. The highest BCUT2D eigenvalue weighted by Crippen LogP contribution is 2.19. The minimum atomic E-state index is -0.346. The molecule has 1 atom stereocenters. The number of benzene rings is 1. The molecule has 0 N–H and O–H groups in total. The molecule has 1 aromatic carbocycles. The van der Waals surface area contributed by atoms with Crippen LogP contribution in [-0.2, 0) is 0 Å². The number of nitriles is 1. The summed E-state index contributed by atoms with van der Waals surface area (Å²) in [6, 6.07) is 6.50. The lowest BCUT2D eigenvalue weighted by molar-refractivity contribution is 0.346. The van der Waals surface area contributed by atoms with Crippen LogP contribution in [0, 0.1) is 17.1 Å². The van der Waals surface area contributed by atoms with Gasteiger partial charge in [-0.15, -0.1) is 0 Å². The van der Waals surface area contributed by atoms with Crippen molar-refractivity contribution in [1.29, 1.82) is 5.26 Å². The van der Waals surface area contributed by atoms with Gasteiger partial charge in [0.1, 0.15) is 5.82 Å². The van der Waals surface area contributed by atoms with Crippen LogP contribution in [0.25, 0.3) is 0 Å². The number of nitrogens with zero attached hydrogens (tertiary/aromatic N) is 3. The second-order valence-electron chi connectivity index (χ2n) is 4.25. The van der Waals surface area contributed by atoms with Crippen LogP contribution in [0.1, 0.15) is 12.5 Å². The van der Waals surface area contributed by atoms with Crippen LogP contribution in [0.2, 0.25) is 0 Å². The summed E-state index contributed by atoms with van der Waals surface area (Å²) in [6.07, 6.45) is 0. The van der Waals surface area contributed by atoms with Gasteiger partial charge in [-0.2, -0.15) is 5.26 Å². The van der Waals surface area contributed by atoms with Crippen molar-refractivity contribution >= 4 is 28.3 Å². The molecule has 0 amide bonds. The summed E-state index contributed by atoms with van der Waals surface area (Å²) in [6.45, 7) is 3.72. The van der Waals surface area contributed by atoms with Gasteiger partial charge in [-0.3, -0.25) is 4.90 Å². The molecule has 0 saturated carbocycles. The van der Waals surface area contributed by atoms with Crippen molar-refractivity contribution in [2.24, 2.45) is 0 Å². The number of hydrogen-bond donors (Lipinski definition) is 0. The van der Waals surface area contributed by atoms with Crippen LogP contribution < -0.4 is 4.90 Å². The summed E-state index contributed by atoms with van der Waals surface area (Å²) >= 11 is 2.34. The molecule has 0 fully saturated rings. The molecule has 3 nitrogen and oxygen atoms in total. The number of hydrogen-bond acceptors (Lipinski definition) is 3. The van der Waals surface area contributed by atoms with Crippen molar-refractivity contribution in [3.63, 3.8) is 0 Å². The standard InChI is InChI=1S/C13H17FIN3/c1-10(15)17(2)6-7-18(3)13-5-4-11(9-16)8-12(13)14/h4-5,8,10H,6-7H2,1-3H3. The Morgan fingerprint density at radius 2 is 2.06 bits per heavy atom. The molecule has 0 bridgehead atoms. The lowest BCUT2D eigenvalue weighted by Gasteiger charge is -2.25. The maximum atomic E-state index is 13.8. The third kappa shape index (κ3) is 4.10. The Morgan fingerprint density at radius 3 is 2.56 bits per heavy atom. The zero-order chi connectivity index (χ0) is 13.7. The molecule has 0 aromatic heterocycles. The molecule has 1 unspecified atom stereocenters. The van der Waals surface area contributed by atoms with E-state index < -0.39 is 0 Å². The van der Waals surface area contributed by atoms with Gasteiger partial charge in [0.15, 0.2) is 0 Å². The van der Waals surface area contributed by atoms with E-state index in [0.29, 0.717) is 15.3 Å². The molecule has 0 aliphatic heterocycles. The predicted octanol–water partition coefficient (Wildman–Crippen LogP) is 2.85. The molecule has 0 aliphatic rings. The first-order chi connectivity index (χ1) is 8.45. The Morgan fingerprint density at radius 1 is 1.39 bits per heavy atom. The molecule has 18 heavy (non-hydrogen) atoms. The van der Waals surface area contributed by atoms with Crippen molar-refractivity contribution in [1.82, 2.24) is 4.90 Å². The molecule has 0 radical (unpaired) electrons. The van der Waals surface area contributed by atoms with E-state index in [1.807, 2.05) is 25.1 Å². The van der Waals surface area contributed by atoms with Crippen molar-refractivity contribution in [3.8, 4) is 6.07 Å². The Kier molecular flexibility index (Phi) is 5.82. The number of alkyl halides is 1. The average molecular weight is 361 g/mol. The van der Waals surface area contributed by atoms with E-state index in [9.17, 15) is 4.39 Å². The SMILES string of the molecule is CC(I)N(C)CCN(C)c1ccc(C#N)cc1F. The molecular weight excluding hydrogens is 344 g/mol. The fourth-order valence-electron chi connectivity index (χ4n) is 1.49. The van der Waals surface area contributed by atoms with Crippen LogP contribution in [0.15, 0.2) is 18.2 Å². The molecule has 98 valence electrons. The number of halogens is 2. The van der Waals surface area contributed by atoms with Gasteiger partial charge in [-0.05, 0) is 32.2 Å². The highest BCUT2D eigenvalue weighted by molar-refractivity contribution is 14.1. The van der Waals surface area contributed by atoms with Gasteiger partial charge in [-0.1, -0.05) is 22.6 Å². The number of rotatable bonds is 5. The molecular formula is C13H17FIN3. The average Bonchev–Trinajstić information content (AvgIpc) is 2.34. The van der Waals surface area contributed by atoms with E-state index >= 15 is 0 Å². The van der Waals surface area contributed by atoms with Crippen molar-refractivity contribution < 1.29 is 4.39 Å². The summed E-state index contributed by atoms with van der Waals surface area (Å²) in [4.78, 5) is 4.06. The first-order valence-corrected chi connectivity index (χ1v) is 6.95. The van der Waals surface area contributed by atoms with Gasteiger partial charge in [-0.25, -0.2) is 4.39 Å². The zero-order valence-electron chi connectivity index (χ0n) is 10.8. The normalized spacial score (nSPS) is 12.3. The predicted molar refractivity (Wildman–Crippen MR) is 80.5 cm³/mol. The van der Waals surface area contributed by atoms with Gasteiger partial charge < -0.3 is 4.90 Å². The van der Waals surface area contributed by atoms with E-state index in [4.69, 9.17) is 5.26 Å². The first kappa shape index (κ1) is 15.2. The van der Waals surface area contributed by atoms with E-state index in [1.54, 1.807) is 12.1 Å². The maximum absolute atomic E-state index is 13.8. The van der Waals surface area contributed by atoms with Crippen molar-refractivity contribution in [2.75, 3.05) is 32.1 Å². The molecule has 0 saturated heterocycles. The quantitative estimate of drug-likeness (QED) is 0.459. The minimum Gasteiger partial charge on any atom is -0.371 e. The Bertz CT molecular complexity index is 442. The van der Waals surface area contributed by atoms with Crippen LogP contribution in [0.4, 0.5) is 10.1 Å². The second kappa shape index (κ2) is 6.90. The van der Waals surface area contributed by atoms with Gasteiger partial charge in [0, 0.05) is 20.1 Å². The van der Waals surface area contributed by atoms with Crippen LogP contribution in [0.5, 0.6) is 0 Å². The minimum absolute atomic E-state index is 0.346. The molecule has 5 heteroatoms. The summed E-state index contributed by atoms with van der Waals surface area (Å²) < 4.78 is 14.2. The Balaban J connectivity index is 2.67. The molecule has 1 aromatic rings.